The van der Waals surface area contributed by atoms with E-state index >= 15 is 0 Å². The maximum atomic E-state index is 12.3. The Balaban J connectivity index is 1.68. The Kier molecular flexibility index (Phi) is 5.88. The highest BCUT2D eigenvalue weighted by Gasteiger charge is 2.32. The van der Waals surface area contributed by atoms with Crippen LogP contribution in [-0.4, -0.2) is 66.5 Å². The molecule has 1 aliphatic heterocycles. The number of fused-ring (bicyclic) bond motifs is 1. The Morgan fingerprint density at radius 2 is 2.06 bits per heavy atom. The number of carbonyl (C=O) groups is 2. The lowest BCUT2D eigenvalue weighted by Crippen LogP contribution is -2.50. The molecule has 0 saturated carbocycles. The molecular weight excluding hydrogens is 410 g/mol. The predicted molar refractivity (Wildman–Crippen MR) is 120 cm³/mol. The minimum absolute atomic E-state index is 0.0408. The van der Waals surface area contributed by atoms with Crippen LogP contribution < -0.4 is 11.1 Å². The van der Waals surface area contributed by atoms with Gasteiger partial charge in [-0.05, 0) is 31.7 Å². The molecule has 170 valence electrons. The molecule has 1 fully saturated rings. The first-order valence-electron chi connectivity index (χ1n) is 10.8. The zero-order valence-electron chi connectivity index (χ0n) is 18.5. The number of aliphatic hydroxyl groups is 1. The SMILES string of the molecule is CC[C@H]1CN(C(=O)[C@@H](C)O)CC[C@H]1Nc1c(C(N)=O)cnn2cc(-c3cnn(C)c3)cc12. The zero-order chi connectivity index (χ0) is 23.0. The highest BCUT2D eigenvalue weighted by molar-refractivity contribution is 6.02. The van der Waals surface area contributed by atoms with Gasteiger partial charge in [0.15, 0.2) is 0 Å². The van der Waals surface area contributed by atoms with Crippen molar-refractivity contribution in [2.24, 2.45) is 18.7 Å². The molecule has 0 unspecified atom stereocenters. The largest absolute Gasteiger partial charge is 0.384 e. The van der Waals surface area contributed by atoms with Gasteiger partial charge in [-0.25, -0.2) is 4.52 Å². The van der Waals surface area contributed by atoms with Gasteiger partial charge in [0.2, 0.25) is 0 Å². The normalized spacial score (nSPS) is 19.8. The van der Waals surface area contributed by atoms with Crippen LogP contribution in [0.4, 0.5) is 5.69 Å². The average molecular weight is 440 g/mol. The molecule has 4 heterocycles. The Morgan fingerprint density at radius 1 is 1.28 bits per heavy atom. The summed E-state index contributed by atoms with van der Waals surface area (Å²) in [5, 5.41) is 21.8. The Bertz CT molecular complexity index is 1150. The fourth-order valence-corrected chi connectivity index (χ4v) is 4.41. The van der Waals surface area contributed by atoms with Gasteiger partial charge in [0.05, 0.1) is 29.2 Å². The average Bonchev–Trinajstić information content (AvgIpc) is 3.39. The minimum atomic E-state index is -1.01. The molecule has 10 heteroatoms. The van der Waals surface area contributed by atoms with E-state index in [1.807, 2.05) is 25.5 Å². The Morgan fingerprint density at radius 3 is 2.69 bits per heavy atom. The van der Waals surface area contributed by atoms with Crippen molar-refractivity contribution in [1.82, 2.24) is 24.3 Å². The third-order valence-electron chi connectivity index (χ3n) is 6.20. The lowest BCUT2D eigenvalue weighted by Gasteiger charge is -2.39. The topological polar surface area (TPSA) is 131 Å². The monoisotopic (exact) mass is 439 g/mol. The third-order valence-corrected chi connectivity index (χ3v) is 6.20. The van der Waals surface area contributed by atoms with Crippen molar-refractivity contribution in [2.75, 3.05) is 18.4 Å². The van der Waals surface area contributed by atoms with Gasteiger partial charge in [-0.15, -0.1) is 0 Å². The number of aryl methyl sites for hydroxylation is 1. The van der Waals surface area contributed by atoms with Gasteiger partial charge in [0.25, 0.3) is 11.8 Å². The van der Waals surface area contributed by atoms with Crippen LogP contribution in [0.25, 0.3) is 16.6 Å². The number of likely N-dealkylation sites (tertiary alicyclic amines) is 1. The van der Waals surface area contributed by atoms with Crippen LogP contribution in [0.2, 0.25) is 0 Å². The van der Waals surface area contributed by atoms with Gasteiger partial charge in [-0.3, -0.25) is 14.3 Å². The summed E-state index contributed by atoms with van der Waals surface area (Å²) in [6, 6.07) is 2.00. The summed E-state index contributed by atoms with van der Waals surface area (Å²) in [5.41, 5.74) is 9.26. The van der Waals surface area contributed by atoms with Crippen molar-refractivity contribution in [2.45, 2.75) is 38.8 Å². The number of nitrogens with one attached hydrogen (secondary N) is 1. The van der Waals surface area contributed by atoms with Crippen molar-refractivity contribution >= 4 is 23.0 Å². The highest BCUT2D eigenvalue weighted by Crippen LogP contribution is 2.31. The standard InChI is InChI=1S/C22H29N7O3/c1-4-14-11-28(22(32)13(2)30)6-5-18(14)26-20-17(21(23)31)9-25-29-12-15(7-19(20)29)16-8-24-27(3)10-16/h7-10,12-14,18,26,30H,4-6,11H2,1-3H3,(H2,23,31)/t13-,14+,18-/m1/s1. The number of anilines is 1. The van der Waals surface area contributed by atoms with E-state index < -0.39 is 12.0 Å². The van der Waals surface area contributed by atoms with E-state index in [9.17, 15) is 14.7 Å². The molecule has 0 bridgehead atoms. The molecule has 4 N–H and O–H groups in total. The predicted octanol–water partition coefficient (Wildman–Crippen LogP) is 1.25. The molecule has 1 saturated heterocycles. The molecule has 10 nitrogen and oxygen atoms in total. The van der Waals surface area contributed by atoms with Crippen LogP contribution in [0, 0.1) is 5.92 Å². The number of nitrogens with zero attached hydrogens (tertiary/aromatic N) is 5. The lowest BCUT2D eigenvalue weighted by atomic mass is 9.89. The second kappa shape index (κ2) is 8.62. The summed E-state index contributed by atoms with van der Waals surface area (Å²) in [6.07, 6.45) is 7.60. The number of rotatable bonds is 6. The van der Waals surface area contributed by atoms with Crippen LogP contribution in [0.1, 0.15) is 37.0 Å². The van der Waals surface area contributed by atoms with Crippen LogP contribution >= 0.6 is 0 Å². The molecule has 2 amide bonds. The van der Waals surface area contributed by atoms with E-state index in [2.05, 4.69) is 22.4 Å². The second-order valence-corrected chi connectivity index (χ2v) is 8.43. The Hall–Kier alpha value is -3.40. The van der Waals surface area contributed by atoms with E-state index in [0.717, 1.165) is 23.1 Å². The van der Waals surface area contributed by atoms with Gasteiger partial charge in [-0.2, -0.15) is 10.2 Å². The second-order valence-electron chi connectivity index (χ2n) is 8.43. The number of aromatic nitrogens is 4. The number of nitrogens with two attached hydrogens (primary N) is 1. The number of hydrogen-bond acceptors (Lipinski definition) is 6. The van der Waals surface area contributed by atoms with Gasteiger partial charge in [0, 0.05) is 49.7 Å². The summed E-state index contributed by atoms with van der Waals surface area (Å²) >= 11 is 0. The van der Waals surface area contributed by atoms with Gasteiger partial charge in [-0.1, -0.05) is 6.92 Å². The minimum Gasteiger partial charge on any atom is -0.384 e. The fourth-order valence-electron chi connectivity index (χ4n) is 4.41. The molecule has 3 atom stereocenters. The first kappa shape index (κ1) is 21.8. The molecule has 32 heavy (non-hydrogen) atoms. The summed E-state index contributed by atoms with van der Waals surface area (Å²) in [6.45, 7) is 4.65. The number of aliphatic hydroxyl groups excluding tert-OH is 1. The van der Waals surface area contributed by atoms with Crippen molar-refractivity contribution in [3.8, 4) is 11.1 Å². The molecule has 1 aliphatic rings. The van der Waals surface area contributed by atoms with Crippen molar-refractivity contribution in [1.29, 1.82) is 0 Å². The van der Waals surface area contributed by atoms with E-state index in [-0.39, 0.29) is 17.9 Å². The van der Waals surface area contributed by atoms with Gasteiger partial charge < -0.3 is 21.1 Å². The smallest absolute Gasteiger partial charge is 0.252 e. The quantitative estimate of drug-likeness (QED) is 0.530. The molecule has 3 aromatic rings. The van der Waals surface area contributed by atoms with E-state index in [4.69, 9.17) is 5.73 Å². The maximum Gasteiger partial charge on any atom is 0.252 e. The van der Waals surface area contributed by atoms with Crippen LogP contribution in [0.15, 0.2) is 30.9 Å². The fraction of sp³-hybridized carbons (Fsp3) is 0.455. The van der Waals surface area contributed by atoms with Gasteiger partial charge >= 0.3 is 0 Å². The number of carbonyl (C=O) groups excluding carboxylic acids is 2. The first-order chi connectivity index (χ1) is 15.3. The Labute approximate surface area is 186 Å². The van der Waals surface area contributed by atoms with Crippen LogP contribution in [-0.2, 0) is 11.8 Å². The van der Waals surface area contributed by atoms with E-state index in [1.165, 1.54) is 13.1 Å². The van der Waals surface area contributed by atoms with E-state index in [0.29, 0.717) is 30.8 Å². The lowest BCUT2D eigenvalue weighted by molar-refractivity contribution is -0.141. The first-order valence-corrected chi connectivity index (χ1v) is 10.8. The molecule has 3 aromatic heterocycles. The summed E-state index contributed by atoms with van der Waals surface area (Å²) < 4.78 is 3.46. The molecule has 0 aromatic carbocycles. The van der Waals surface area contributed by atoms with Crippen LogP contribution in [0.5, 0.6) is 0 Å². The number of primary amides is 1. The number of piperidine rings is 1. The molecular formula is C22H29N7O3. The molecule has 0 radical (unpaired) electrons. The maximum absolute atomic E-state index is 12.3. The van der Waals surface area contributed by atoms with Gasteiger partial charge in [0.1, 0.15) is 6.10 Å². The third kappa shape index (κ3) is 4.05. The van der Waals surface area contributed by atoms with Crippen molar-refractivity contribution < 1.29 is 14.7 Å². The highest BCUT2D eigenvalue weighted by atomic mass is 16.3. The summed E-state index contributed by atoms with van der Waals surface area (Å²) in [5.74, 6) is -0.645. The van der Waals surface area contributed by atoms with Crippen molar-refractivity contribution in [3.05, 3.63) is 36.4 Å². The van der Waals surface area contributed by atoms with Crippen LogP contribution in [0.3, 0.4) is 0 Å². The summed E-state index contributed by atoms with van der Waals surface area (Å²) in [7, 11) is 1.86. The summed E-state index contributed by atoms with van der Waals surface area (Å²) in [4.78, 5) is 26.2. The number of hydrogen-bond donors (Lipinski definition) is 3. The zero-order valence-corrected chi connectivity index (χ0v) is 18.5. The molecule has 4 rings (SSSR count). The molecule has 0 spiro atoms. The van der Waals surface area contributed by atoms with Crippen molar-refractivity contribution in [3.63, 3.8) is 0 Å². The molecule has 0 aliphatic carbocycles. The number of amides is 2. The van der Waals surface area contributed by atoms with E-state index in [1.54, 1.807) is 20.3 Å².